The molecule has 1 fully saturated rings. The van der Waals surface area contributed by atoms with Gasteiger partial charge in [0.2, 0.25) is 0 Å². The van der Waals surface area contributed by atoms with Crippen LogP contribution < -0.4 is 15.8 Å². The Hall–Kier alpha value is -2.34. The first kappa shape index (κ1) is 10.6. The van der Waals surface area contributed by atoms with Gasteiger partial charge in [-0.05, 0) is 12.1 Å². The number of aromatic nitrogens is 3. The fourth-order valence-corrected chi connectivity index (χ4v) is 2.33. The molecule has 1 aliphatic rings. The predicted octanol–water partition coefficient (Wildman–Crippen LogP) is 1.04. The van der Waals surface area contributed by atoms with Crippen molar-refractivity contribution in [1.29, 1.82) is 0 Å². The van der Waals surface area contributed by atoms with Gasteiger partial charge in [0.25, 0.3) is 0 Å². The van der Waals surface area contributed by atoms with Crippen molar-refractivity contribution < 1.29 is 4.74 Å². The van der Waals surface area contributed by atoms with Gasteiger partial charge in [-0.25, -0.2) is 9.97 Å². The van der Waals surface area contributed by atoms with Crippen LogP contribution in [0.5, 0.6) is 5.75 Å². The first-order valence-electron chi connectivity index (χ1n) is 6.20. The molecule has 19 heavy (non-hydrogen) atoms. The van der Waals surface area contributed by atoms with Crippen molar-refractivity contribution in [3.8, 4) is 5.75 Å². The van der Waals surface area contributed by atoms with Gasteiger partial charge in [-0.2, -0.15) is 0 Å². The van der Waals surface area contributed by atoms with E-state index in [-0.39, 0.29) is 6.10 Å². The molecule has 96 valence electrons. The number of hydrogen-bond acceptors (Lipinski definition) is 5. The van der Waals surface area contributed by atoms with Gasteiger partial charge < -0.3 is 20.8 Å². The summed E-state index contributed by atoms with van der Waals surface area (Å²) in [4.78, 5) is 11.7. The lowest BCUT2D eigenvalue weighted by Crippen LogP contribution is -2.50. The Morgan fingerprint density at radius 1 is 1.32 bits per heavy atom. The number of anilines is 1. The monoisotopic (exact) mass is 255 g/mol. The second kappa shape index (κ2) is 3.83. The Balaban J connectivity index is 1.96. The number of pyridine rings is 2. The van der Waals surface area contributed by atoms with Crippen LogP contribution in [0.2, 0.25) is 0 Å². The summed E-state index contributed by atoms with van der Waals surface area (Å²) < 4.78 is 5.99. The third-order valence-corrected chi connectivity index (χ3v) is 3.40. The van der Waals surface area contributed by atoms with Crippen LogP contribution in [0.4, 0.5) is 5.82 Å². The summed E-state index contributed by atoms with van der Waals surface area (Å²) in [6.07, 6.45) is 3.70. The number of H-pyrrole nitrogens is 1. The molecule has 0 aromatic carbocycles. The maximum atomic E-state index is 5.99. The van der Waals surface area contributed by atoms with Gasteiger partial charge in [-0.15, -0.1) is 0 Å². The number of nitrogens with two attached hydrogens (primary N) is 1. The fourth-order valence-electron chi connectivity index (χ4n) is 2.33. The van der Waals surface area contributed by atoms with Gasteiger partial charge in [0.05, 0.1) is 17.1 Å². The van der Waals surface area contributed by atoms with E-state index in [4.69, 9.17) is 10.5 Å². The first-order chi connectivity index (χ1) is 9.31. The molecule has 0 saturated carbocycles. The Kier molecular flexibility index (Phi) is 2.13. The molecule has 6 heteroatoms. The smallest absolute Gasteiger partial charge is 0.142 e. The van der Waals surface area contributed by atoms with Crippen molar-refractivity contribution in [3.05, 3.63) is 24.5 Å². The minimum Gasteiger partial charge on any atom is -0.487 e. The van der Waals surface area contributed by atoms with E-state index in [1.54, 1.807) is 12.4 Å². The average molecular weight is 255 g/mol. The van der Waals surface area contributed by atoms with E-state index >= 15 is 0 Å². The number of fused-ring (bicyclic) bond motifs is 3. The molecule has 3 aromatic heterocycles. The quantitative estimate of drug-likeness (QED) is 0.636. The summed E-state index contributed by atoms with van der Waals surface area (Å²) in [5.41, 5.74) is 7.48. The zero-order valence-corrected chi connectivity index (χ0v) is 10.2. The summed E-state index contributed by atoms with van der Waals surface area (Å²) in [7, 11) is 0. The van der Waals surface area contributed by atoms with E-state index in [1.165, 1.54) is 0 Å². The van der Waals surface area contributed by atoms with E-state index in [2.05, 4.69) is 20.3 Å². The Bertz CT molecular complexity index is 762. The second-order valence-electron chi connectivity index (χ2n) is 4.71. The molecular formula is C13H13N5O. The van der Waals surface area contributed by atoms with Gasteiger partial charge >= 0.3 is 0 Å². The second-order valence-corrected chi connectivity index (χ2v) is 4.71. The Labute approximate surface area is 109 Å². The number of aromatic amines is 1. The van der Waals surface area contributed by atoms with E-state index < -0.39 is 0 Å². The van der Waals surface area contributed by atoms with Crippen molar-refractivity contribution in [2.45, 2.75) is 6.10 Å². The van der Waals surface area contributed by atoms with Crippen LogP contribution in [-0.4, -0.2) is 34.1 Å². The fraction of sp³-hybridized carbons (Fsp3) is 0.231. The lowest BCUT2D eigenvalue weighted by atomic mass is 10.2. The molecule has 0 bridgehead atoms. The highest BCUT2D eigenvalue weighted by Crippen LogP contribution is 2.32. The summed E-state index contributed by atoms with van der Waals surface area (Å²) in [5, 5.41) is 5.16. The minimum atomic E-state index is 0.231. The zero-order chi connectivity index (χ0) is 12.8. The zero-order valence-electron chi connectivity index (χ0n) is 10.2. The van der Waals surface area contributed by atoms with Crippen LogP contribution >= 0.6 is 0 Å². The first-order valence-corrected chi connectivity index (χ1v) is 6.20. The molecule has 0 aliphatic carbocycles. The maximum absolute atomic E-state index is 5.99. The SMILES string of the molecule is Nc1cc2c(cn1)[nH]c1nccc(OC3CNC3)c12. The summed E-state index contributed by atoms with van der Waals surface area (Å²) >= 11 is 0. The van der Waals surface area contributed by atoms with Gasteiger partial charge in [-0.3, -0.25) is 0 Å². The minimum absolute atomic E-state index is 0.231. The molecule has 4 N–H and O–H groups in total. The number of ether oxygens (including phenoxy) is 1. The lowest BCUT2D eigenvalue weighted by Gasteiger charge is -2.28. The van der Waals surface area contributed by atoms with E-state index in [0.29, 0.717) is 5.82 Å². The molecule has 0 atom stereocenters. The predicted molar refractivity (Wildman–Crippen MR) is 73.1 cm³/mol. The van der Waals surface area contributed by atoms with Crippen LogP contribution in [0.15, 0.2) is 24.5 Å². The highest BCUT2D eigenvalue weighted by Gasteiger charge is 2.20. The normalized spacial score (nSPS) is 15.8. The van der Waals surface area contributed by atoms with E-state index in [9.17, 15) is 0 Å². The molecule has 6 nitrogen and oxygen atoms in total. The third kappa shape index (κ3) is 1.61. The van der Waals surface area contributed by atoms with Crippen LogP contribution in [0.1, 0.15) is 0 Å². The number of nitrogen functional groups attached to an aromatic ring is 1. The van der Waals surface area contributed by atoms with Crippen molar-refractivity contribution >= 4 is 27.8 Å². The number of nitrogens with one attached hydrogen (secondary N) is 2. The highest BCUT2D eigenvalue weighted by molar-refractivity contribution is 6.09. The Morgan fingerprint density at radius 2 is 2.21 bits per heavy atom. The van der Waals surface area contributed by atoms with Crippen molar-refractivity contribution in [2.24, 2.45) is 0 Å². The van der Waals surface area contributed by atoms with Gasteiger partial charge in [0.1, 0.15) is 23.3 Å². The van der Waals surface area contributed by atoms with Crippen molar-refractivity contribution in [3.63, 3.8) is 0 Å². The third-order valence-electron chi connectivity index (χ3n) is 3.40. The Morgan fingerprint density at radius 3 is 3.00 bits per heavy atom. The van der Waals surface area contributed by atoms with E-state index in [0.717, 1.165) is 40.8 Å². The molecule has 0 spiro atoms. The maximum Gasteiger partial charge on any atom is 0.142 e. The van der Waals surface area contributed by atoms with Crippen molar-refractivity contribution in [2.75, 3.05) is 18.8 Å². The standard InChI is InChI=1S/C13H13N5O/c14-11-3-8-9(6-17-11)18-13-12(8)10(1-2-16-13)19-7-4-15-5-7/h1-3,6-7,15H,4-5H2,(H2,14,17)(H,16,18). The van der Waals surface area contributed by atoms with E-state index in [1.807, 2.05) is 12.1 Å². The van der Waals surface area contributed by atoms with Crippen molar-refractivity contribution in [1.82, 2.24) is 20.3 Å². The van der Waals surface area contributed by atoms with Gasteiger partial charge in [-0.1, -0.05) is 0 Å². The molecule has 4 rings (SSSR count). The number of rotatable bonds is 2. The molecular weight excluding hydrogens is 242 g/mol. The highest BCUT2D eigenvalue weighted by atomic mass is 16.5. The molecule has 0 amide bonds. The van der Waals surface area contributed by atoms with Crippen LogP contribution in [0.3, 0.4) is 0 Å². The lowest BCUT2D eigenvalue weighted by molar-refractivity contribution is 0.144. The molecule has 1 saturated heterocycles. The number of nitrogens with zero attached hydrogens (tertiary/aromatic N) is 2. The topological polar surface area (TPSA) is 88.9 Å². The summed E-state index contributed by atoms with van der Waals surface area (Å²) in [5.74, 6) is 1.34. The largest absolute Gasteiger partial charge is 0.487 e. The summed E-state index contributed by atoms with van der Waals surface area (Å²) in [6.45, 7) is 1.77. The molecule has 0 radical (unpaired) electrons. The molecule has 0 unspecified atom stereocenters. The average Bonchev–Trinajstić information content (AvgIpc) is 2.72. The molecule has 3 aromatic rings. The van der Waals surface area contributed by atoms with Gasteiger partial charge in [0, 0.05) is 24.7 Å². The van der Waals surface area contributed by atoms with Gasteiger partial charge in [0.15, 0.2) is 0 Å². The molecule has 1 aliphatic heterocycles. The summed E-state index contributed by atoms with van der Waals surface area (Å²) in [6, 6.07) is 3.74. The van der Waals surface area contributed by atoms with Crippen LogP contribution in [0, 0.1) is 0 Å². The number of hydrogen-bond donors (Lipinski definition) is 3. The van der Waals surface area contributed by atoms with Crippen LogP contribution in [-0.2, 0) is 0 Å². The molecule has 4 heterocycles. The van der Waals surface area contributed by atoms with Crippen LogP contribution in [0.25, 0.3) is 21.9 Å².